The van der Waals surface area contributed by atoms with Gasteiger partial charge in [-0.05, 0) is 17.7 Å². The van der Waals surface area contributed by atoms with Crippen molar-refractivity contribution in [1.82, 2.24) is 9.99 Å². The first kappa shape index (κ1) is 15.9. The van der Waals surface area contributed by atoms with E-state index < -0.39 is 0 Å². The highest BCUT2D eigenvalue weighted by molar-refractivity contribution is 6.01. The molecule has 2 aliphatic rings. The lowest BCUT2D eigenvalue weighted by Gasteiger charge is -2.38. The molecule has 0 saturated carbocycles. The third-order valence-electron chi connectivity index (χ3n) is 5.08. The van der Waals surface area contributed by atoms with E-state index in [1.165, 1.54) is 0 Å². The van der Waals surface area contributed by atoms with Gasteiger partial charge in [0.25, 0.3) is 0 Å². The zero-order chi connectivity index (χ0) is 18.2. The van der Waals surface area contributed by atoms with Gasteiger partial charge in [0.1, 0.15) is 0 Å². The molecule has 0 saturated heterocycles. The fraction of sp³-hybridized carbons (Fsp3) is 0.182. The Morgan fingerprint density at radius 2 is 1.93 bits per heavy atom. The number of pyridine rings is 1. The van der Waals surface area contributed by atoms with Gasteiger partial charge in [-0.2, -0.15) is 5.10 Å². The molecule has 5 heteroatoms. The van der Waals surface area contributed by atoms with Gasteiger partial charge in [0.15, 0.2) is 11.5 Å². The van der Waals surface area contributed by atoms with Crippen LogP contribution in [0.25, 0.3) is 0 Å². The first-order chi connectivity index (χ1) is 13.3. The minimum atomic E-state index is -0.339. The van der Waals surface area contributed by atoms with Crippen molar-refractivity contribution >= 4 is 5.71 Å². The average Bonchev–Trinajstić information content (AvgIpc) is 3.20. The summed E-state index contributed by atoms with van der Waals surface area (Å²) in [5.74, 6) is 1.54. The summed E-state index contributed by atoms with van der Waals surface area (Å²) in [4.78, 5) is 4.26. The smallest absolute Gasteiger partial charge is 0.215 e. The number of hydrogen-bond acceptors (Lipinski definition) is 5. The summed E-state index contributed by atoms with van der Waals surface area (Å²) in [6.45, 7) is 0. The van der Waals surface area contributed by atoms with Crippen molar-refractivity contribution in [3.05, 3.63) is 89.7 Å². The first-order valence-corrected chi connectivity index (χ1v) is 9.00. The van der Waals surface area contributed by atoms with E-state index in [2.05, 4.69) is 28.2 Å². The van der Waals surface area contributed by atoms with Gasteiger partial charge in [-0.25, -0.2) is 5.01 Å². The third-order valence-corrected chi connectivity index (χ3v) is 5.08. The van der Waals surface area contributed by atoms with E-state index in [1.54, 1.807) is 13.3 Å². The largest absolute Gasteiger partial charge is 0.493 e. The molecule has 0 N–H and O–H groups in total. The molecule has 5 rings (SSSR count). The van der Waals surface area contributed by atoms with Crippen molar-refractivity contribution in [2.24, 2.45) is 5.10 Å². The van der Waals surface area contributed by atoms with Crippen LogP contribution in [-0.2, 0) is 0 Å². The summed E-state index contributed by atoms with van der Waals surface area (Å²) in [5.41, 5.74) is 4.27. The topological polar surface area (TPSA) is 47.0 Å². The molecule has 0 unspecified atom stereocenters. The van der Waals surface area contributed by atoms with Crippen molar-refractivity contribution in [1.29, 1.82) is 0 Å². The molecule has 1 aromatic heterocycles. The summed E-state index contributed by atoms with van der Waals surface area (Å²) in [6, 6.07) is 20.4. The van der Waals surface area contributed by atoms with Gasteiger partial charge in [0.05, 0.1) is 18.9 Å². The number of rotatable bonds is 3. The quantitative estimate of drug-likeness (QED) is 0.700. The summed E-state index contributed by atoms with van der Waals surface area (Å²) in [7, 11) is 1.67. The molecular formula is C22H19N3O2. The number of nitrogens with zero attached hydrogens (tertiary/aromatic N) is 3. The Kier molecular flexibility index (Phi) is 3.78. The van der Waals surface area contributed by atoms with Crippen LogP contribution in [0.3, 0.4) is 0 Å². The first-order valence-electron chi connectivity index (χ1n) is 9.00. The number of aromatic nitrogens is 1. The molecule has 0 aliphatic carbocycles. The minimum absolute atomic E-state index is 0.101. The normalized spacial score (nSPS) is 20.3. The fourth-order valence-corrected chi connectivity index (χ4v) is 3.79. The maximum Gasteiger partial charge on any atom is 0.215 e. The number of hydrogen-bond donors (Lipinski definition) is 0. The second-order valence-corrected chi connectivity index (χ2v) is 6.65. The van der Waals surface area contributed by atoms with Crippen molar-refractivity contribution in [2.75, 3.05) is 7.11 Å². The van der Waals surface area contributed by atoms with E-state index >= 15 is 0 Å². The number of benzene rings is 2. The molecule has 0 amide bonds. The molecule has 134 valence electrons. The maximum absolute atomic E-state index is 6.39. The standard InChI is InChI=1S/C22H19N3O2/c1-26-20-11-5-10-17-19-13-18(15-7-3-2-4-8-15)24-25(19)22(27-21(17)20)16-9-6-12-23-14-16/h2-12,14,19,22H,13H2,1H3/t19-,22+/m1/s1. The monoisotopic (exact) mass is 357 g/mol. The third kappa shape index (κ3) is 2.63. The predicted octanol–water partition coefficient (Wildman–Crippen LogP) is 4.33. The van der Waals surface area contributed by atoms with Crippen LogP contribution in [0.4, 0.5) is 0 Å². The summed E-state index contributed by atoms with van der Waals surface area (Å²) >= 11 is 0. The Balaban J connectivity index is 1.63. The second kappa shape index (κ2) is 6.43. The van der Waals surface area contributed by atoms with Crippen molar-refractivity contribution in [2.45, 2.75) is 18.7 Å². The van der Waals surface area contributed by atoms with Crippen LogP contribution in [0.2, 0.25) is 0 Å². The number of methoxy groups -OCH3 is 1. The summed E-state index contributed by atoms with van der Waals surface area (Å²) in [5, 5.41) is 7.01. The van der Waals surface area contributed by atoms with E-state index in [1.807, 2.05) is 48.7 Å². The van der Waals surface area contributed by atoms with Gasteiger partial charge >= 0.3 is 0 Å². The van der Waals surface area contributed by atoms with E-state index in [4.69, 9.17) is 14.6 Å². The number of fused-ring (bicyclic) bond motifs is 3. The van der Waals surface area contributed by atoms with Gasteiger partial charge in [-0.1, -0.05) is 48.5 Å². The highest BCUT2D eigenvalue weighted by Gasteiger charge is 2.42. The Morgan fingerprint density at radius 3 is 2.70 bits per heavy atom. The van der Waals surface area contributed by atoms with E-state index in [-0.39, 0.29) is 12.3 Å². The molecule has 3 aromatic rings. The molecule has 2 atom stereocenters. The van der Waals surface area contributed by atoms with E-state index in [9.17, 15) is 0 Å². The Morgan fingerprint density at radius 1 is 1.04 bits per heavy atom. The van der Waals surface area contributed by atoms with Gasteiger partial charge in [0, 0.05) is 29.9 Å². The molecular weight excluding hydrogens is 338 g/mol. The van der Waals surface area contributed by atoms with Crippen molar-refractivity contribution in [3.8, 4) is 11.5 Å². The number of hydrazone groups is 1. The van der Waals surface area contributed by atoms with E-state index in [0.717, 1.165) is 40.3 Å². The highest BCUT2D eigenvalue weighted by Crippen LogP contribution is 2.50. The van der Waals surface area contributed by atoms with Gasteiger partial charge in [-0.15, -0.1) is 0 Å². The lowest BCUT2D eigenvalue weighted by atomic mass is 9.95. The predicted molar refractivity (Wildman–Crippen MR) is 103 cm³/mol. The van der Waals surface area contributed by atoms with Crippen LogP contribution in [0, 0.1) is 0 Å². The van der Waals surface area contributed by atoms with Gasteiger partial charge < -0.3 is 9.47 Å². The Bertz CT molecular complexity index is 989. The molecule has 2 aromatic carbocycles. The molecule has 3 heterocycles. The number of ether oxygens (including phenoxy) is 2. The van der Waals surface area contributed by atoms with Crippen molar-refractivity contribution < 1.29 is 9.47 Å². The van der Waals surface area contributed by atoms with Gasteiger partial charge in [-0.3, -0.25) is 4.98 Å². The Labute approximate surface area is 157 Å². The summed E-state index contributed by atoms with van der Waals surface area (Å²) in [6.07, 6.45) is 4.08. The second-order valence-electron chi connectivity index (χ2n) is 6.65. The van der Waals surface area contributed by atoms with Gasteiger partial charge in [0.2, 0.25) is 6.23 Å². The lowest BCUT2D eigenvalue weighted by molar-refractivity contribution is -0.0211. The van der Waals surface area contributed by atoms with Crippen LogP contribution in [0.1, 0.15) is 35.4 Å². The Hall–Kier alpha value is -3.34. The SMILES string of the molecule is COc1cccc2c1O[C@@H](c1cccnc1)N1N=C(c3ccccc3)C[C@H]21. The minimum Gasteiger partial charge on any atom is -0.493 e. The molecule has 5 nitrogen and oxygen atoms in total. The number of para-hydroxylation sites is 1. The fourth-order valence-electron chi connectivity index (χ4n) is 3.79. The van der Waals surface area contributed by atoms with Crippen molar-refractivity contribution in [3.63, 3.8) is 0 Å². The molecule has 2 aliphatic heterocycles. The molecule has 0 spiro atoms. The summed E-state index contributed by atoms with van der Waals surface area (Å²) < 4.78 is 12.0. The zero-order valence-electron chi connectivity index (χ0n) is 14.9. The van der Waals surface area contributed by atoms with E-state index in [0.29, 0.717) is 0 Å². The van der Waals surface area contributed by atoms with Crippen LogP contribution >= 0.6 is 0 Å². The maximum atomic E-state index is 6.39. The lowest BCUT2D eigenvalue weighted by Crippen LogP contribution is -2.33. The zero-order valence-corrected chi connectivity index (χ0v) is 14.9. The van der Waals surface area contributed by atoms with Crippen LogP contribution in [-0.4, -0.2) is 22.8 Å². The highest BCUT2D eigenvalue weighted by atomic mass is 16.5. The molecule has 0 bridgehead atoms. The molecule has 27 heavy (non-hydrogen) atoms. The van der Waals surface area contributed by atoms with Crippen LogP contribution in [0.5, 0.6) is 11.5 Å². The molecule has 0 fully saturated rings. The van der Waals surface area contributed by atoms with Crippen LogP contribution < -0.4 is 9.47 Å². The van der Waals surface area contributed by atoms with Crippen LogP contribution in [0.15, 0.2) is 78.2 Å². The molecule has 0 radical (unpaired) electrons. The average molecular weight is 357 g/mol.